The molecule has 3 heterocycles. The predicted octanol–water partition coefficient (Wildman–Crippen LogP) is 3.85. The highest BCUT2D eigenvalue weighted by Crippen LogP contribution is 2.36. The average Bonchev–Trinajstić information content (AvgIpc) is 2.99. The molecule has 0 saturated carbocycles. The lowest BCUT2D eigenvalue weighted by Crippen LogP contribution is -2.24. The van der Waals surface area contributed by atoms with E-state index in [1.807, 2.05) is 13.0 Å². The summed E-state index contributed by atoms with van der Waals surface area (Å²) in [6.45, 7) is 2.97. The largest absolute Gasteiger partial charge is 0.412 e. The highest BCUT2D eigenvalue weighted by molar-refractivity contribution is 7.22. The summed E-state index contributed by atoms with van der Waals surface area (Å²) in [5, 5.41) is 3.53. The first kappa shape index (κ1) is 18.5. The third-order valence-corrected chi connectivity index (χ3v) is 5.06. The van der Waals surface area contributed by atoms with E-state index in [0.29, 0.717) is 0 Å². The van der Waals surface area contributed by atoms with Gasteiger partial charge in [0.2, 0.25) is 0 Å². The van der Waals surface area contributed by atoms with Crippen LogP contribution in [0.1, 0.15) is 24.0 Å². The minimum Gasteiger partial charge on any atom is -0.412 e. The molecule has 0 saturated heterocycles. The minimum absolute atomic E-state index is 0. The van der Waals surface area contributed by atoms with Crippen LogP contribution in [0.25, 0.3) is 20.7 Å². The molecule has 1 aliphatic rings. The van der Waals surface area contributed by atoms with E-state index in [9.17, 15) is 0 Å². The van der Waals surface area contributed by atoms with Crippen molar-refractivity contribution in [3.8, 4) is 10.4 Å². The molecule has 3 aromatic rings. The molecule has 6 heteroatoms. The van der Waals surface area contributed by atoms with Crippen molar-refractivity contribution >= 4 is 34.0 Å². The van der Waals surface area contributed by atoms with E-state index in [1.54, 1.807) is 11.3 Å². The summed E-state index contributed by atoms with van der Waals surface area (Å²) in [6, 6.07) is 12.8. The number of nitrogens with zero attached hydrogens (tertiary/aromatic N) is 2. The SMILES string of the molecule is Cc1nc(C2C=CCCN2)c2sc(-c3ccccc3)cc2n1.Cl.O. The zero-order chi connectivity index (χ0) is 14.9. The van der Waals surface area contributed by atoms with Crippen LogP contribution in [0.15, 0.2) is 48.6 Å². The van der Waals surface area contributed by atoms with E-state index in [0.717, 1.165) is 30.0 Å². The number of hydrogen-bond acceptors (Lipinski definition) is 4. The van der Waals surface area contributed by atoms with Gasteiger partial charge in [-0.25, -0.2) is 9.97 Å². The summed E-state index contributed by atoms with van der Waals surface area (Å²) in [6.07, 6.45) is 5.53. The quantitative estimate of drug-likeness (QED) is 0.705. The van der Waals surface area contributed by atoms with Gasteiger partial charge in [0.1, 0.15) is 5.82 Å². The van der Waals surface area contributed by atoms with E-state index < -0.39 is 0 Å². The van der Waals surface area contributed by atoms with Gasteiger partial charge >= 0.3 is 0 Å². The lowest BCUT2D eigenvalue weighted by Gasteiger charge is -2.18. The van der Waals surface area contributed by atoms with Crippen LogP contribution < -0.4 is 5.32 Å². The number of halogens is 1. The summed E-state index contributed by atoms with van der Waals surface area (Å²) in [5.74, 6) is 0.834. The van der Waals surface area contributed by atoms with E-state index in [1.165, 1.54) is 15.1 Å². The van der Waals surface area contributed by atoms with Gasteiger partial charge in [-0.3, -0.25) is 0 Å². The molecule has 0 aliphatic carbocycles. The predicted molar refractivity (Wildman–Crippen MR) is 103 cm³/mol. The molecule has 1 atom stereocenters. The molecule has 1 unspecified atom stereocenters. The summed E-state index contributed by atoms with van der Waals surface area (Å²) < 4.78 is 1.19. The van der Waals surface area contributed by atoms with E-state index >= 15 is 0 Å². The monoisotopic (exact) mass is 361 g/mol. The van der Waals surface area contributed by atoms with Crippen LogP contribution in [-0.2, 0) is 0 Å². The second-order valence-electron chi connectivity index (χ2n) is 5.50. The highest BCUT2D eigenvalue weighted by Gasteiger charge is 2.18. The van der Waals surface area contributed by atoms with Gasteiger partial charge in [0, 0.05) is 4.88 Å². The van der Waals surface area contributed by atoms with Crippen LogP contribution in [0.2, 0.25) is 0 Å². The molecule has 0 amide bonds. The van der Waals surface area contributed by atoms with Crippen molar-refractivity contribution in [2.45, 2.75) is 19.4 Å². The third-order valence-electron chi connectivity index (χ3n) is 3.87. The number of nitrogens with one attached hydrogen (secondary N) is 1. The van der Waals surface area contributed by atoms with Gasteiger partial charge < -0.3 is 10.8 Å². The number of fused-ring (bicyclic) bond motifs is 1. The first-order valence-corrected chi connectivity index (χ1v) is 8.36. The van der Waals surface area contributed by atoms with Gasteiger partial charge in [0.15, 0.2) is 0 Å². The van der Waals surface area contributed by atoms with Crippen LogP contribution in [0.4, 0.5) is 0 Å². The van der Waals surface area contributed by atoms with E-state index in [2.05, 4.69) is 52.8 Å². The molecule has 1 aliphatic heterocycles. The molecule has 0 fully saturated rings. The van der Waals surface area contributed by atoms with Crippen molar-refractivity contribution in [3.05, 3.63) is 60.1 Å². The van der Waals surface area contributed by atoms with E-state index in [4.69, 9.17) is 4.98 Å². The molecule has 126 valence electrons. The summed E-state index contributed by atoms with van der Waals surface area (Å²) in [5.41, 5.74) is 3.39. The molecule has 1 aromatic carbocycles. The van der Waals surface area contributed by atoms with Crippen molar-refractivity contribution < 1.29 is 5.48 Å². The number of hydrogen-bond donors (Lipinski definition) is 1. The molecular formula is C18H20ClN3OS. The highest BCUT2D eigenvalue weighted by atomic mass is 35.5. The number of thiophene rings is 1. The Morgan fingerprint density at radius 1 is 1.17 bits per heavy atom. The first-order valence-electron chi connectivity index (χ1n) is 7.55. The third kappa shape index (κ3) is 3.49. The van der Waals surface area contributed by atoms with Crippen molar-refractivity contribution in [2.24, 2.45) is 0 Å². The van der Waals surface area contributed by atoms with Crippen LogP contribution in [0, 0.1) is 6.92 Å². The van der Waals surface area contributed by atoms with Gasteiger partial charge in [-0.1, -0.05) is 42.5 Å². The van der Waals surface area contributed by atoms with Gasteiger partial charge in [-0.05, 0) is 31.5 Å². The van der Waals surface area contributed by atoms with Crippen molar-refractivity contribution in [1.29, 1.82) is 0 Å². The lowest BCUT2D eigenvalue weighted by molar-refractivity contribution is 0.591. The van der Waals surface area contributed by atoms with Gasteiger partial charge in [0.25, 0.3) is 0 Å². The standard InChI is InChI=1S/C18H17N3S.ClH.H2O/c1-12-20-15-11-16(13-7-3-2-4-8-13)22-18(15)17(21-12)14-9-5-6-10-19-14;;/h2-5,7-9,11,14,19H,6,10H2,1H3;1H;1H2. The Morgan fingerprint density at radius 2 is 1.96 bits per heavy atom. The van der Waals surface area contributed by atoms with Crippen LogP contribution in [0.5, 0.6) is 0 Å². The fraction of sp³-hybridized carbons (Fsp3) is 0.222. The number of aryl methyl sites for hydroxylation is 1. The molecule has 4 rings (SSSR count). The van der Waals surface area contributed by atoms with Crippen molar-refractivity contribution in [1.82, 2.24) is 15.3 Å². The fourth-order valence-corrected chi connectivity index (χ4v) is 3.97. The summed E-state index contributed by atoms with van der Waals surface area (Å²) >= 11 is 1.78. The maximum Gasteiger partial charge on any atom is 0.126 e. The number of rotatable bonds is 2. The lowest BCUT2D eigenvalue weighted by atomic mass is 10.1. The molecule has 0 bridgehead atoms. The molecular weight excluding hydrogens is 342 g/mol. The topological polar surface area (TPSA) is 69.3 Å². The zero-order valence-corrected chi connectivity index (χ0v) is 15.0. The Balaban J connectivity index is 0.00000104. The van der Waals surface area contributed by atoms with Gasteiger partial charge in [-0.15, -0.1) is 23.7 Å². The molecule has 0 spiro atoms. The Labute approximate surface area is 151 Å². The van der Waals surface area contributed by atoms with Gasteiger partial charge in [-0.2, -0.15) is 0 Å². The normalized spacial score (nSPS) is 16.5. The van der Waals surface area contributed by atoms with Crippen LogP contribution in [0.3, 0.4) is 0 Å². The van der Waals surface area contributed by atoms with E-state index in [-0.39, 0.29) is 23.9 Å². The van der Waals surface area contributed by atoms with Gasteiger partial charge in [0.05, 0.1) is 22.0 Å². The van der Waals surface area contributed by atoms with Crippen molar-refractivity contribution in [2.75, 3.05) is 6.54 Å². The fourth-order valence-electron chi connectivity index (χ4n) is 2.84. The number of aromatic nitrogens is 2. The molecule has 0 radical (unpaired) electrons. The zero-order valence-electron chi connectivity index (χ0n) is 13.3. The molecule has 2 aromatic heterocycles. The van der Waals surface area contributed by atoms with Crippen molar-refractivity contribution in [3.63, 3.8) is 0 Å². The minimum atomic E-state index is 0. The molecule has 24 heavy (non-hydrogen) atoms. The Bertz CT molecular complexity index is 848. The summed E-state index contributed by atoms with van der Waals surface area (Å²) in [7, 11) is 0. The Hall–Kier alpha value is -1.79. The Kier molecular flexibility index (Phi) is 6.07. The van der Waals surface area contributed by atoms with Crippen LogP contribution >= 0.6 is 23.7 Å². The number of benzene rings is 1. The molecule has 3 N–H and O–H groups in total. The average molecular weight is 362 g/mol. The maximum absolute atomic E-state index is 4.72. The Morgan fingerprint density at radius 3 is 2.67 bits per heavy atom. The maximum atomic E-state index is 4.72. The first-order chi connectivity index (χ1) is 10.8. The van der Waals surface area contributed by atoms with Crippen LogP contribution in [-0.4, -0.2) is 22.0 Å². The molecule has 4 nitrogen and oxygen atoms in total. The second kappa shape index (κ2) is 7.85. The smallest absolute Gasteiger partial charge is 0.126 e. The second-order valence-corrected chi connectivity index (χ2v) is 6.55. The summed E-state index contributed by atoms with van der Waals surface area (Å²) in [4.78, 5) is 10.6.